The minimum Gasteiger partial charge on any atom is -0.438 e. The highest BCUT2D eigenvalue weighted by atomic mass is 16.5. The summed E-state index contributed by atoms with van der Waals surface area (Å²) in [6.45, 7) is 5.78. The number of nitrogens with two attached hydrogens (primary N) is 1. The summed E-state index contributed by atoms with van der Waals surface area (Å²) in [4.78, 5) is 18.3. The zero-order chi connectivity index (χ0) is 14.0. The molecule has 0 spiro atoms. The van der Waals surface area contributed by atoms with E-state index in [2.05, 4.69) is 9.97 Å². The minimum absolute atomic E-state index is 0.223. The zero-order valence-corrected chi connectivity index (χ0v) is 11.3. The van der Waals surface area contributed by atoms with Crippen LogP contribution in [0.15, 0.2) is 23.0 Å². The average Bonchev–Trinajstić information content (AvgIpc) is 2.35. The van der Waals surface area contributed by atoms with Gasteiger partial charge in [0.15, 0.2) is 0 Å². The lowest BCUT2D eigenvalue weighted by Gasteiger charge is -2.10. The van der Waals surface area contributed by atoms with Gasteiger partial charge in [0.25, 0.3) is 5.56 Å². The molecule has 0 amide bonds. The molecule has 19 heavy (non-hydrogen) atoms. The van der Waals surface area contributed by atoms with Crippen molar-refractivity contribution in [2.75, 3.05) is 5.73 Å². The van der Waals surface area contributed by atoms with Crippen LogP contribution >= 0.6 is 0 Å². The van der Waals surface area contributed by atoms with Crippen molar-refractivity contribution < 1.29 is 4.74 Å². The van der Waals surface area contributed by atoms with Crippen molar-refractivity contribution in [1.82, 2.24) is 9.97 Å². The first kappa shape index (κ1) is 13.1. The molecule has 5 heteroatoms. The zero-order valence-electron chi connectivity index (χ0n) is 11.3. The molecule has 0 bridgehead atoms. The summed E-state index contributed by atoms with van der Waals surface area (Å²) in [6, 6.07) is 5.02. The second-order valence-corrected chi connectivity index (χ2v) is 4.46. The predicted molar refractivity (Wildman–Crippen MR) is 74.6 cm³/mol. The SMILES string of the molecule is CCc1nc(Oc2cc(N)c(C)cc2C)cc(=O)[nH]1. The number of H-pyrrole nitrogens is 1. The van der Waals surface area contributed by atoms with Gasteiger partial charge >= 0.3 is 0 Å². The first-order valence-electron chi connectivity index (χ1n) is 6.14. The number of nitrogens with zero attached hydrogens (tertiary/aromatic N) is 1. The van der Waals surface area contributed by atoms with Gasteiger partial charge in [-0.15, -0.1) is 0 Å². The summed E-state index contributed by atoms with van der Waals surface area (Å²) in [5.41, 5.74) is 8.24. The van der Waals surface area contributed by atoms with Gasteiger partial charge in [0.1, 0.15) is 11.6 Å². The molecule has 2 aromatic rings. The van der Waals surface area contributed by atoms with Gasteiger partial charge in [0.05, 0.1) is 6.07 Å². The van der Waals surface area contributed by atoms with E-state index in [-0.39, 0.29) is 11.4 Å². The van der Waals surface area contributed by atoms with Gasteiger partial charge < -0.3 is 15.5 Å². The van der Waals surface area contributed by atoms with Crippen molar-refractivity contribution in [3.63, 3.8) is 0 Å². The first-order chi connectivity index (χ1) is 8.99. The molecule has 1 heterocycles. The molecule has 1 aromatic carbocycles. The molecular formula is C14H17N3O2. The largest absolute Gasteiger partial charge is 0.438 e. The van der Waals surface area contributed by atoms with E-state index < -0.39 is 0 Å². The predicted octanol–water partition coefficient (Wildman–Crippen LogP) is 2.32. The summed E-state index contributed by atoms with van der Waals surface area (Å²) >= 11 is 0. The van der Waals surface area contributed by atoms with Crippen molar-refractivity contribution in [3.05, 3.63) is 45.5 Å². The van der Waals surface area contributed by atoms with Crippen LogP contribution in [0.3, 0.4) is 0 Å². The second-order valence-electron chi connectivity index (χ2n) is 4.46. The van der Waals surface area contributed by atoms with Crippen LogP contribution in [-0.4, -0.2) is 9.97 Å². The van der Waals surface area contributed by atoms with Gasteiger partial charge in [-0.25, -0.2) is 0 Å². The number of benzene rings is 1. The average molecular weight is 259 g/mol. The Bertz CT molecular complexity index is 662. The third kappa shape index (κ3) is 2.93. The van der Waals surface area contributed by atoms with Crippen LogP contribution in [0.5, 0.6) is 11.6 Å². The highest BCUT2D eigenvalue weighted by Gasteiger charge is 2.07. The maximum atomic E-state index is 11.5. The van der Waals surface area contributed by atoms with Crippen LogP contribution in [0.25, 0.3) is 0 Å². The Morgan fingerprint density at radius 3 is 2.68 bits per heavy atom. The highest BCUT2D eigenvalue weighted by molar-refractivity contribution is 5.54. The lowest BCUT2D eigenvalue weighted by molar-refractivity contribution is 0.454. The molecule has 100 valence electrons. The molecule has 3 N–H and O–H groups in total. The Morgan fingerprint density at radius 1 is 1.26 bits per heavy atom. The quantitative estimate of drug-likeness (QED) is 0.829. The molecule has 1 aromatic heterocycles. The number of aryl methyl sites for hydroxylation is 3. The summed E-state index contributed by atoms with van der Waals surface area (Å²) < 4.78 is 5.66. The van der Waals surface area contributed by atoms with Crippen molar-refractivity contribution in [3.8, 4) is 11.6 Å². The van der Waals surface area contributed by atoms with Crippen molar-refractivity contribution in [2.24, 2.45) is 0 Å². The molecule has 0 saturated heterocycles. The fraction of sp³-hybridized carbons (Fsp3) is 0.286. The lowest BCUT2D eigenvalue weighted by Crippen LogP contribution is -2.10. The maximum absolute atomic E-state index is 11.5. The Kier molecular flexibility index (Phi) is 3.55. The maximum Gasteiger partial charge on any atom is 0.254 e. The fourth-order valence-electron chi connectivity index (χ4n) is 1.77. The number of aromatic nitrogens is 2. The summed E-state index contributed by atoms with van der Waals surface area (Å²) in [6.07, 6.45) is 0.640. The molecular weight excluding hydrogens is 242 g/mol. The van der Waals surface area contributed by atoms with Gasteiger partial charge in [-0.2, -0.15) is 4.98 Å². The number of ether oxygens (including phenoxy) is 1. The Labute approximate surface area is 111 Å². The Hall–Kier alpha value is -2.30. The van der Waals surface area contributed by atoms with E-state index in [4.69, 9.17) is 10.5 Å². The van der Waals surface area contributed by atoms with E-state index in [1.807, 2.05) is 26.8 Å². The summed E-state index contributed by atoms with van der Waals surface area (Å²) in [7, 11) is 0. The van der Waals surface area contributed by atoms with E-state index >= 15 is 0 Å². The Balaban J connectivity index is 2.38. The van der Waals surface area contributed by atoms with Crippen LogP contribution in [-0.2, 0) is 6.42 Å². The van der Waals surface area contributed by atoms with Gasteiger partial charge in [-0.3, -0.25) is 4.79 Å². The number of hydrogen-bond donors (Lipinski definition) is 2. The fourth-order valence-corrected chi connectivity index (χ4v) is 1.77. The highest BCUT2D eigenvalue weighted by Crippen LogP contribution is 2.27. The van der Waals surface area contributed by atoms with E-state index in [0.29, 0.717) is 23.7 Å². The van der Waals surface area contributed by atoms with Gasteiger partial charge in [0, 0.05) is 18.2 Å². The van der Waals surface area contributed by atoms with Crippen LogP contribution in [0.4, 0.5) is 5.69 Å². The number of nitrogens with one attached hydrogen (secondary N) is 1. The van der Waals surface area contributed by atoms with E-state index in [1.165, 1.54) is 6.07 Å². The molecule has 0 aliphatic carbocycles. The second kappa shape index (κ2) is 5.14. The molecule has 0 aliphatic heterocycles. The number of nitrogen functional groups attached to an aromatic ring is 1. The van der Waals surface area contributed by atoms with Crippen molar-refractivity contribution in [1.29, 1.82) is 0 Å². The van der Waals surface area contributed by atoms with E-state index in [9.17, 15) is 4.79 Å². The first-order valence-corrected chi connectivity index (χ1v) is 6.14. The number of anilines is 1. The number of aromatic amines is 1. The van der Waals surface area contributed by atoms with Gasteiger partial charge in [-0.1, -0.05) is 13.0 Å². The summed E-state index contributed by atoms with van der Waals surface area (Å²) in [5.74, 6) is 1.50. The van der Waals surface area contributed by atoms with Gasteiger partial charge in [0.2, 0.25) is 5.88 Å². The minimum atomic E-state index is -0.223. The molecule has 0 unspecified atom stereocenters. The lowest BCUT2D eigenvalue weighted by atomic mass is 10.1. The molecule has 0 radical (unpaired) electrons. The molecule has 2 rings (SSSR count). The van der Waals surface area contributed by atoms with Crippen molar-refractivity contribution in [2.45, 2.75) is 27.2 Å². The molecule has 5 nitrogen and oxygen atoms in total. The third-order valence-corrected chi connectivity index (χ3v) is 2.88. The monoisotopic (exact) mass is 259 g/mol. The van der Waals surface area contributed by atoms with Gasteiger partial charge in [-0.05, 0) is 25.0 Å². The van der Waals surface area contributed by atoms with Crippen LogP contribution in [0.1, 0.15) is 23.9 Å². The molecule has 0 saturated carbocycles. The number of rotatable bonds is 3. The molecule has 0 atom stereocenters. The Morgan fingerprint density at radius 2 is 2.00 bits per heavy atom. The third-order valence-electron chi connectivity index (χ3n) is 2.88. The van der Waals surface area contributed by atoms with Crippen LogP contribution in [0.2, 0.25) is 0 Å². The van der Waals surface area contributed by atoms with Crippen molar-refractivity contribution >= 4 is 5.69 Å². The van der Waals surface area contributed by atoms with Crippen LogP contribution in [0, 0.1) is 13.8 Å². The van der Waals surface area contributed by atoms with E-state index in [1.54, 1.807) is 6.07 Å². The topological polar surface area (TPSA) is 81.0 Å². The molecule has 0 fully saturated rings. The van der Waals surface area contributed by atoms with Crippen LogP contribution < -0.4 is 16.0 Å². The standard InChI is InChI=1S/C14H17N3O2/c1-4-12-16-13(18)7-14(17-12)19-11-6-10(15)8(2)5-9(11)3/h5-7H,4,15H2,1-3H3,(H,16,17,18). The number of hydrogen-bond acceptors (Lipinski definition) is 4. The smallest absolute Gasteiger partial charge is 0.254 e. The van der Waals surface area contributed by atoms with E-state index in [0.717, 1.165) is 11.1 Å². The summed E-state index contributed by atoms with van der Waals surface area (Å²) in [5, 5.41) is 0. The normalized spacial score (nSPS) is 10.5. The molecule has 0 aliphatic rings.